The summed E-state index contributed by atoms with van der Waals surface area (Å²) in [7, 11) is 5.93. The van der Waals surface area contributed by atoms with Gasteiger partial charge in [0, 0.05) is 12.8 Å². The molecule has 0 heterocycles. The minimum absolute atomic E-state index is 0.144. The average molecular weight is 1180 g/mol. The summed E-state index contributed by atoms with van der Waals surface area (Å²) in [5.74, 6) is -2.28. The molecule has 2 unspecified atom stereocenters. The lowest BCUT2D eigenvalue weighted by Gasteiger charge is -2.26. The number of hydrogen-bond acceptors (Lipinski definition) is 8. The maximum Gasteiger partial charge on any atom is 0.306 e. The standard InChI is InChI=1S/C76H129NO8/c1-6-8-10-12-14-16-18-20-22-24-26-27-28-29-30-31-32-33-34-35-36-37-38-39-40-41-42-43-44-45-46-47-49-51-53-55-57-59-61-63-65-67-74(79)85-72(71-84-76(75(80)81)82-69-68-77(3,4)5)70-83-73(78)66-64-62-60-58-56-54-52-50-48-25-23-21-19-17-15-13-11-9-7-2/h8,10,14,16,20-23,26-27,29-30,32-33,35-36,38-39,41-42,72,76H,6-7,9,11-13,15,17-19,24-25,28,31,34,37,40,43-71H2,1-5H3/b10-8-,16-14-,22-20-,23-21-,27-26-,30-29-,33-32-,36-35-,39-38-,42-41-. The van der Waals surface area contributed by atoms with Crippen molar-refractivity contribution in [1.29, 1.82) is 0 Å². The molecule has 0 aromatic rings. The van der Waals surface area contributed by atoms with Crippen molar-refractivity contribution in [2.45, 2.75) is 296 Å². The van der Waals surface area contributed by atoms with Crippen molar-refractivity contribution in [3.8, 4) is 0 Å². The smallest absolute Gasteiger partial charge is 0.306 e. The Morgan fingerprint density at radius 3 is 1.01 bits per heavy atom. The molecule has 2 atom stereocenters. The molecule has 0 spiro atoms. The topological polar surface area (TPSA) is 111 Å². The molecule has 0 amide bonds. The maximum atomic E-state index is 12.9. The Hall–Kier alpha value is -4.31. The van der Waals surface area contributed by atoms with Gasteiger partial charge >= 0.3 is 11.9 Å². The fraction of sp³-hybridized carbons (Fsp3) is 0.697. The van der Waals surface area contributed by atoms with Gasteiger partial charge in [0.25, 0.3) is 0 Å². The Labute approximate surface area is 523 Å². The molecule has 486 valence electrons. The van der Waals surface area contributed by atoms with E-state index in [2.05, 4.69) is 135 Å². The number of carbonyl (C=O) groups is 3. The number of allylic oxidation sites excluding steroid dienone is 20. The first-order valence-corrected chi connectivity index (χ1v) is 34.7. The largest absolute Gasteiger partial charge is 0.545 e. The highest BCUT2D eigenvalue weighted by Gasteiger charge is 2.22. The predicted octanol–water partition coefficient (Wildman–Crippen LogP) is 20.2. The van der Waals surface area contributed by atoms with Crippen LogP contribution < -0.4 is 5.11 Å². The fourth-order valence-electron chi connectivity index (χ4n) is 9.41. The van der Waals surface area contributed by atoms with E-state index < -0.39 is 24.3 Å². The SMILES string of the molecule is CC/C=C\C/C=C\C/C=C\C/C=C\C/C=C\C/C=C\C/C=C\C/C=C\C/C=C\CCCCCCCCCCCCCCCC(=O)OC(COC(=O)CCCCCCCCCCC/C=C\CCCCCCCC)COC(OCC[N+](C)(C)C)C(=O)[O-]. The molecular formula is C76H129NO8. The number of hydrogen-bond donors (Lipinski definition) is 0. The fourth-order valence-corrected chi connectivity index (χ4v) is 9.41. The number of carboxylic acid groups (broad SMARTS) is 1. The maximum absolute atomic E-state index is 12.9. The van der Waals surface area contributed by atoms with Crippen LogP contribution in [-0.4, -0.2) is 82.3 Å². The molecule has 0 aliphatic rings. The first-order valence-electron chi connectivity index (χ1n) is 34.7. The summed E-state index contributed by atoms with van der Waals surface area (Å²) in [5.41, 5.74) is 0. The highest BCUT2D eigenvalue weighted by molar-refractivity contribution is 5.70. The second-order valence-corrected chi connectivity index (χ2v) is 24.1. The van der Waals surface area contributed by atoms with Crippen LogP contribution >= 0.6 is 0 Å². The van der Waals surface area contributed by atoms with Crippen molar-refractivity contribution in [1.82, 2.24) is 0 Å². The van der Waals surface area contributed by atoms with E-state index in [9.17, 15) is 19.5 Å². The van der Waals surface area contributed by atoms with E-state index in [0.29, 0.717) is 17.4 Å². The van der Waals surface area contributed by atoms with Gasteiger partial charge in [-0.2, -0.15) is 0 Å². The van der Waals surface area contributed by atoms with Crippen LogP contribution in [0, 0.1) is 0 Å². The van der Waals surface area contributed by atoms with E-state index in [1.165, 1.54) is 154 Å². The van der Waals surface area contributed by atoms with Crippen LogP contribution in [0.1, 0.15) is 284 Å². The molecular weight excluding hydrogens is 1050 g/mol. The minimum atomic E-state index is -1.63. The summed E-state index contributed by atoms with van der Waals surface area (Å²) < 4.78 is 22.8. The van der Waals surface area contributed by atoms with E-state index in [1.54, 1.807) is 0 Å². The van der Waals surface area contributed by atoms with Crippen molar-refractivity contribution < 1.29 is 42.9 Å². The van der Waals surface area contributed by atoms with E-state index in [0.717, 1.165) is 96.3 Å². The van der Waals surface area contributed by atoms with Crippen LogP contribution in [-0.2, 0) is 33.3 Å². The van der Waals surface area contributed by atoms with E-state index in [4.69, 9.17) is 18.9 Å². The first kappa shape index (κ1) is 80.7. The number of carbonyl (C=O) groups excluding carboxylic acids is 3. The van der Waals surface area contributed by atoms with Crippen molar-refractivity contribution in [2.75, 3.05) is 47.5 Å². The zero-order chi connectivity index (χ0) is 61.9. The normalized spacial score (nSPS) is 13.5. The lowest BCUT2D eigenvalue weighted by molar-refractivity contribution is -0.870. The highest BCUT2D eigenvalue weighted by Crippen LogP contribution is 2.16. The Kier molecular flexibility index (Phi) is 62.3. The zero-order valence-corrected chi connectivity index (χ0v) is 55.4. The third kappa shape index (κ3) is 67.1. The van der Waals surface area contributed by atoms with Crippen LogP contribution in [0.15, 0.2) is 122 Å². The molecule has 85 heavy (non-hydrogen) atoms. The summed E-state index contributed by atoms with van der Waals surface area (Å²) in [4.78, 5) is 37.4. The van der Waals surface area contributed by atoms with E-state index in [1.807, 2.05) is 21.1 Å². The van der Waals surface area contributed by atoms with Gasteiger partial charge in [0.1, 0.15) is 13.2 Å². The molecule has 9 nitrogen and oxygen atoms in total. The Morgan fingerprint density at radius 2 is 0.671 bits per heavy atom. The van der Waals surface area contributed by atoms with Gasteiger partial charge in [0.05, 0.1) is 40.3 Å². The molecule has 0 aromatic heterocycles. The second kappa shape index (κ2) is 65.7. The summed E-state index contributed by atoms with van der Waals surface area (Å²) in [6.45, 7) is 4.64. The lowest BCUT2D eigenvalue weighted by atomic mass is 10.0. The molecule has 0 aliphatic carbocycles. The minimum Gasteiger partial charge on any atom is -0.545 e. The van der Waals surface area contributed by atoms with Gasteiger partial charge in [-0.3, -0.25) is 9.59 Å². The number of nitrogens with zero attached hydrogens (tertiary/aromatic N) is 1. The Morgan fingerprint density at radius 1 is 0.365 bits per heavy atom. The van der Waals surface area contributed by atoms with Crippen LogP contribution in [0.25, 0.3) is 0 Å². The number of quaternary nitrogens is 1. The molecule has 0 fully saturated rings. The summed E-state index contributed by atoms with van der Waals surface area (Å²) in [5, 5.41) is 11.8. The number of likely N-dealkylation sites (N-methyl/N-ethyl adjacent to an activating group) is 1. The van der Waals surface area contributed by atoms with Crippen molar-refractivity contribution in [3.63, 3.8) is 0 Å². The Balaban J connectivity index is 4.10. The van der Waals surface area contributed by atoms with Crippen molar-refractivity contribution in [2.24, 2.45) is 0 Å². The number of unbranched alkanes of at least 4 members (excludes halogenated alkanes) is 28. The Bertz CT molecular complexity index is 1810. The molecule has 0 rings (SSSR count). The number of rotatable bonds is 63. The van der Waals surface area contributed by atoms with Gasteiger partial charge in [0.15, 0.2) is 12.4 Å². The van der Waals surface area contributed by atoms with Gasteiger partial charge in [-0.05, 0) is 109 Å². The average Bonchev–Trinajstić information content (AvgIpc) is 3.49. The molecule has 0 aliphatic heterocycles. The molecule has 9 heteroatoms. The van der Waals surface area contributed by atoms with Gasteiger partial charge in [0.2, 0.25) is 0 Å². The van der Waals surface area contributed by atoms with Crippen LogP contribution in [0.3, 0.4) is 0 Å². The van der Waals surface area contributed by atoms with Crippen molar-refractivity contribution >= 4 is 17.9 Å². The van der Waals surface area contributed by atoms with Crippen LogP contribution in [0.4, 0.5) is 0 Å². The lowest BCUT2D eigenvalue weighted by Crippen LogP contribution is -2.44. The second-order valence-electron chi connectivity index (χ2n) is 24.1. The predicted molar refractivity (Wildman–Crippen MR) is 361 cm³/mol. The zero-order valence-electron chi connectivity index (χ0n) is 55.4. The number of carboxylic acids is 1. The van der Waals surface area contributed by atoms with Crippen molar-refractivity contribution in [3.05, 3.63) is 122 Å². The highest BCUT2D eigenvalue weighted by atomic mass is 16.7. The van der Waals surface area contributed by atoms with Gasteiger partial charge < -0.3 is 33.3 Å². The number of ether oxygens (including phenoxy) is 4. The molecule has 0 bridgehead atoms. The van der Waals surface area contributed by atoms with Crippen LogP contribution in [0.2, 0.25) is 0 Å². The van der Waals surface area contributed by atoms with Gasteiger partial charge in [-0.1, -0.05) is 283 Å². The summed E-state index contributed by atoms with van der Waals surface area (Å²) in [6.07, 6.45) is 89.9. The summed E-state index contributed by atoms with van der Waals surface area (Å²) in [6, 6.07) is 0. The molecule has 0 saturated carbocycles. The first-order chi connectivity index (χ1) is 41.6. The third-order valence-corrected chi connectivity index (χ3v) is 14.7. The summed E-state index contributed by atoms with van der Waals surface area (Å²) >= 11 is 0. The van der Waals surface area contributed by atoms with Gasteiger partial charge in [-0.15, -0.1) is 0 Å². The number of esters is 2. The monoisotopic (exact) mass is 1180 g/mol. The number of aliphatic carboxylic acids is 1. The van der Waals surface area contributed by atoms with E-state index >= 15 is 0 Å². The molecule has 0 radical (unpaired) electrons. The van der Waals surface area contributed by atoms with Gasteiger partial charge in [-0.25, -0.2) is 0 Å². The molecule has 0 aromatic carbocycles. The molecule has 0 N–H and O–H groups in total. The van der Waals surface area contributed by atoms with Crippen LogP contribution in [0.5, 0.6) is 0 Å². The van der Waals surface area contributed by atoms with E-state index in [-0.39, 0.29) is 38.6 Å². The quantitative estimate of drug-likeness (QED) is 0.0195. The third-order valence-electron chi connectivity index (χ3n) is 14.7. The molecule has 0 saturated heterocycles.